The maximum Gasteiger partial charge on any atom is 0.271 e. The third-order valence-corrected chi connectivity index (χ3v) is 6.06. The van der Waals surface area contributed by atoms with Crippen molar-refractivity contribution in [3.63, 3.8) is 0 Å². The van der Waals surface area contributed by atoms with E-state index in [0.717, 1.165) is 10.6 Å². The van der Waals surface area contributed by atoms with E-state index in [1.54, 1.807) is 24.3 Å². The number of benzene rings is 2. The second kappa shape index (κ2) is 6.44. The molecule has 0 bridgehead atoms. The Bertz CT molecular complexity index is 903. The highest BCUT2D eigenvalue weighted by molar-refractivity contribution is 7.94. The Morgan fingerprint density at radius 1 is 0.826 bits per heavy atom. The molecule has 0 aliphatic heterocycles. The molecule has 0 amide bonds. The zero-order chi connectivity index (χ0) is 16.3. The van der Waals surface area contributed by atoms with Crippen molar-refractivity contribution < 1.29 is 8.42 Å². The van der Waals surface area contributed by atoms with Crippen LogP contribution in [0.15, 0.2) is 70.9 Å². The maximum atomic E-state index is 12.5. The summed E-state index contributed by atoms with van der Waals surface area (Å²) in [7, 11) is -3.58. The first-order valence-corrected chi connectivity index (χ1v) is 9.35. The Morgan fingerprint density at radius 2 is 1.48 bits per heavy atom. The summed E-state index contributed by atoms with van der Waals surface area (Å²) in [5.41, 5.74) is 2.11. The van der Waals surface area contributed by atoms with Crippen LogP contribution in [0.2, 0.25) is 0 Å². The monoisotopic (exact) mass is 344 g/mol. The molecule has 1 aromatic heterocycles. The first-order chi connectivity index (χ1) is 11.0. The van der Waals surface area contributed by atoms with Gasteiger partial charge in [-0.2, -0.15) is 0 Å². The van der Waals surface area contributed by atoms with Gasteiger partial charge in [0.25, 0.3) is 10.0 Å². The fraction of sp³-hybridized carbons (Fsp3) is 0.0588. The lowest BCUT2D eigenvalue weighted by Crippen LogP contribution is -2.12. The number of aryl methyl sites for hydroxylation is 1. The van der Waals surface area contributed by atoms with Crippen LogP contribution in [0.3, 0.4) is 0 Å². The molecular formula is C17H16N2O2S2. The second-order valence-corrected chi connectivity index (χ2v) is 8.20. The van der Waals surface area contributed by atoms with Gasteiger partial charge in [-0.3, -0.25) is 4.72 Å². The molecular weight excluding hydrogens is 328 g/mol. The molecule has 118 valence electrons. The van der Waals surface area contributed by atoms with Crippen molar-refractivity contribution in [2.75, 3.05) is 10.0 Å². The van der Waals surface area contributed by atoms with Crippen LogP contribution in [-0.2, 0) is 10.0 Å². The minimum atomic E-state index is -3.58. The standard InChI is InChI=1S/C17H16N2O2S2/c1-13-11-12-17(22-13)23(20,21)19-16-10-6-5-9-15(16)18-14-7-3-2-4-8-14/h2-12,18-19H,1H3. The highest BCUT2D eigenvalue weighted by Crippen LogP contribution is 2.29. The zero-order valence-electron chi connectivity index (χ0n) is 12.5. The van der Waals surface area contributed by atoms with Gasteiger partial charge in [0, 0.05) is 10.6 Å². The molecule has 2 N–H and O–H groups in total. The number of hydrogen-bond donors (Lipinski definition) is 2. The molecule has 3 rings (SSSR count). The quantitative estimate of drug-likeness (QED) is 0.711. The average molecular weight is 344 g/mol. The van der Waals surface area contributed by atoms with Gasteiger partial charge >= 0.3 is 0 Å². The number of hydrogen-bond acceptors (Lipinski definition) is 4. The molecule has 0 atom stereocenters. The first-order valence-electron chi connectivity index (χ1n) is 7.05. The summed E-state index contributed by atoms with van der Waals surface area (Å²) in [5, 5.41) is 3.23. The molecule has 2 aromatic carbocycles. The van der Waals surface area contributed by atoms with Crippen LogP contribution in [0.5, 0.6) is 0 Å². The van der Waals surface area contributed by atoms with Gasteiger partial charge in [0.15, 0.2) is 0 Å². The summed E-state index contributed by atoms with van der Waals surface area (Å²) in [6.07, 6.45) is 0. The second-order valence-electron chi connectivity index (χ2n) is 5.01. The third-order valence-electron chi connectivity index (χ3n) is 3.20. The predicted molar refractivity (Wildman–Crippen MR) is 96.0 cm³/mol. The van der Waals surface area contributed by atoms with E-state index in [1.165, 1.54) is 11.3 Å². The van der Waals surface area contributed by atoms with Crippen molar-refractivity contribution in [3.05, 3.63) is 71.6 Å². The van der Waals surface area contributed by atoms with Gasteiger partial charge in [-0.15, -0.1) is 11.3 Å². The summed E-state index contributed by atoms with van der Waals surface area (Å²) >= 11 is 1.25. The van der Waals surface area contributed by atoms with E-state index in [9.17, 15) is 8.42 Å². The van der Waals surface area contributed by atoms with E-state index in [2.05, 4.69) is 10.0 Å². The van der Waals surface area contributed by atoms with Crippen LogP contribution in [0.4, 0.5) is 17.1 Å². The predicted octanol–water partition coefficient (Wildman–Crippen LogP) is 4.60. The molecule has 0 radical (unpaired) electrons. The number of thiophene rings is 1. The van der Waals surface area contributed by atoms with Crippen LogP contribution in [0.25, 0.3) is 0 Å². The minimum absolute atomic E-state index is 0.310. The number of para-hydroxylation sites is 3. The fourth-order valence-corrected chi connectivity index (χ4v) is 4.47. The van der Waals surface area contributed by atoms with Crippen LogP contribution in [-0.4, -0.2) is 8.42 Å². The highest BCUT2D eigenvalue weighted by Gasteiger charge is 2.17. The largest absolute Gasteiger partial charge is 0.354 e. The van der Waals surface area contributed by atoms with Crippen molar-refractivity contribution in [2.45, 2.75) is 11.1 Å². The van der Waals surface area contributed by atoms with Crippen molar-refractivity contribution in [1.82, 2.24) is 0 Å². The van der Waals surface area contributed by atoms with E-state index >= 15 is 0 Å². The number of nitrogens with one attached hydrogen (secondary N) is 2. The van der Waals surface area contributed by atoms with E-state index in [-0.39, 0.29) is 0 Å². The van der Waals surface area contributed by atoms with E-state index in [0.29, 0.717) is 15.6 Å². The molecule has 23 heavy (non-hydrogen) atoms. The van der Waals surface area contributed by atoms with Crippen molar-refractivity contribution in [3.8, 4) is 0 Å². The zero-order valence-corrected chi connectivity index (χ0v) is 14.1. The van der Waals surface area contributed by atoms with Crippen LogP contribution >= 0.6 is 11.3 Å². The van der Waals surface area contributed by atoms with Gasteiger partial charge in [0.1, 0.15) is 4.21 Å². The summed E-state index contributed by atoms with van der Waals surface area (Å²) in [6.45, 7) is 1.88. The first kappa shape index (κ1) is 15.6. The van der Waals surface area contributed by atoms with Gasteiger partial charge in [-0.1, -0.05) is 30.3 Å². The Hall–Kier alpha value is -2.31. The molecule has 0 saturated carbocycles. The van der Waals surface area contributed by atoms with E-state index < -0.39 is 10.0 Å². The molecule has 0 aliphatic carbocycles. The topological polar surface area (TPSA) is 58.2 Å². The number of sulfonamides is 1. The maximum absolute atomic E-state index is 12.5. The van der Waals surface area contributed by atoms with E-state index in [4.69, 9.17) is 0 Å². The van der Waals surface area contributed by atoms with Gasteiger partial charge in [0.05, 0.1) is 11.4 Å². The van der Waals surface area contributed by atoms with Gasteiger partial charge in [-0.05, 0) is 43.3 Å². The molecule has 4 nitrogen and oxygen atoms in total. The Morgan fingerprint density at radius 3 is 2.13 bits per heavy atom. The lowest BCUT2D eigenvalue weighted by Gasteiger charge is -2.13. The smallest absolute Gasteiger partial charge is 0.271 e. The molecule has 0 unspecified atom stereocenters. The lowest BCUT2D eigenvalue weighted by atomic mass is 10.2. The summed E-state index contributed by atoms with van der Waals surface area (Å²) in [6, 6.07) is 20.3. The number of rotatable bonds is 5. The Kier molecular flexibility index (Phi) is 4.36. The lowest BCUT2D eigenvalue weighted by molar-refractivity contribution is 0.603. The van der Waals surface area contributed by atoms with Crippen molar-refractivity contribution in [2.24, 2.45) is 0 Å². The molecule has 1 heterocycles. The highest BCUT2D eigenvalue weighted by atomic mass is 32.2. The van der Waals surface area contributed by atoms with Gasteiger partial charge in [-0.25, -0.2) is 8.42 Å². The normalized spacial score (nSPS) is 11.2. The SMILES string of the molecule is Cc1ccc(S(=O)(=O)Nc2ccccc2Nc2ccccc2)s1. The number of anilines is 3. The fourth-order valence-electron chi connectivity index (χ4n) is 2.11. The summed E-state index contributed by atoms with van der Waals surface area (Å²) in [4.78, 5) is 0.959. The molecule has 0 fully saturated rings. The summed E-state index contributed by atoms with van der Waals surface area (Å²) in [5.74, 6) is 0. The molecule has 0 saturated heterocycles. The van der Waals surface area contributed by atoms with Crippen LogP contribution < -0.4 is 10.0 Å². The Labute approximate surface area is 139 Å². The van der Waals surface area contributed by atoms with E-state index in [1.807, 2.05) is 49.4 Å². The van der Waals surface area contributed by atoms with Gasteiger partial charge in [0.2, 0.25) is 0 Å². The minimum Gasteiger partial charge on any atom is -0.354 e. The van der Waals surface area contributed by atoms with Crippen molar-refractivity contribution in [1.29, 1.82) is 0 Å². The molecule has 6 heteroatoms. The van der Waals surface area contributed by atoms with Gasteiger partial charge < -0.3 is 5.32 Å². The van der Waals surface area contributed by atoms with Crippen molar-refractivity contribution >= 4 is 38.4 Å². The molecule has 3 aromatic rings. The van der Waals surface area contributed by atoms with Crippen LogP contribution in [0.1, 0.15) is 4.88 Å². The molecule has 0 aliphatic rings. The average Bonchev–Trinajstić information content (AvgIpc) is 2.98. The summed E-state index contributed by atoms with van der Waals surface area (Å²) < 4.78 is 27.9. The third kappa shape index (κ3) is 3.72. The molecule has 0 spiro atoms. The Balaban J connectivity index is 1.89. The van der Waals surface area contributed by atoms with Crippen LogP contribution in [0, 0.1) is 6.92 Å².